The van der Waals surface area contributed by atoms with Crippen LogP contribution in [-0.2, 0) is 6.54 Å². The molecule has 0 bridgehead atoms. The number of rotatable bonds is 3. The van der Waals surface area contributed by atoms with E-state index in [0.29, 0.717) is 16.9 Å². The second kappa shape index (κ2) is 8.73. The predicted octanol–water partition coefficient (Wildman–Crippen LogP) is 3.63. The van der Waals surface area contributed by atoms with Gasteiger partial charge in [0, 0.05) is 6.54 Å². The van der Waals surface area contributed by atoms with Gasteiger partial charge >= 0.3 is 0 Å². The van der Waals surface area contributed by atoms with Crippen LogP contribution >= 0.6 is 0 Å². The Morgan fingerprint density at radius 2 is 1.83 bits per heavy atom. The number of carbonyl (C=O) groups is 1. The second-order valence-electron chi connectivity index (χ2n) is 8.45. The quantitative estimate of drug-likeness (QED) is 0.860. The van der Waals surface area contributed by atoms with Crippen molar-refractivity contribution in [1.29, 1.82) is 0 Å². The molecule has 134 valence electrons. The first-order valence-corrected chi connectivity index (χ1v) is 9.72. The molecule has 0 radical (unpaired) electrons. The molecule has 2 N–H and O–H groups in total. The Labute approximate surface area is 148 Å². The van der Waals surface area contributed by atoms with Crippen LogP contribution in [0.2, 0.25) is 5.31 Å². The summed E-state index contributed by atoms with van der Waals surface area (Å²) in [5, 5.41) is 5.01. The lowest BCUT2D eigenvalue weighted by molar-refractivity contribution is 0.0988. The highest BCUT2D eigenvalue weighted by molar-refractivity contribution is 6.14. The first kappa shape index (κ1) is 19.1. The smallest absolute Gasteiger partial charge is 0.266 e. The van der Waals surface area contributed by atoms with Gasteiger partial charge in [-0.2, -0.15) is 5.10 Å². The Bertz CT molecular complexity index is 523. The lowest BCUT2D eigenvalue weighted by Gasteiger charge is -2.26. The fourth-order valence-electron chi connectivity index (χ4n) is 4.01. The summed E-state index contributed by atoms with van der Waals surface area (Å²) in [5.41, 5.74) is 6.93. The van der Waals surface area contributed by atoms with E-state index in [-0.39, 0.29) is 5.91 Å². The molecule has 1 aliphatic carbocycles. The third kappa shape index (κ3) is 5.99. The van der Waals surface area contributed by atoms with E-state index in [2.05, 4.69) is 19.9 Å². The van der Waals surface area contributed by atoms with Gasteiger partial charge < -0.3 is 5.73 Å². The fourth-order valence-corrected chi connectivity index (χ4v) is 4.01. The van der Waals surface area contributed by atoms with E-state index in [9.17, 15) is 4.79 Å². The highest BCUT2D eigenvalue weighted by Crippen LogP contribution is 2.35. The molecule has 0 aromatic carbocycles. The van der Waals surface area contributed by atoms with Gasteiger partial charge in [-0.15, -0.1) is 0 Å². The van der Waals surface area contributed by atoms with Crippen LogP contribution < -0.4 is 5.73 Å². The van der Waals surface area contributed by atoms with E-state index in [4.69, 9.17) is 5.73 Å². The average Bonchev–Trinajstić information content (AvgIpc) is 2.85. The largest absolute Gasteiger partial charge is 0.364 e. The molecule has 4 nitrogen and oxygen atoms in total. The van der Waals surface area contributed by atoms with Gasteiger partial charge in [-0.3, -0.25) is 9.48 Å². The van der Waals surface area contributed by atoms with Crippen LogP contribution in [0.25, 0.3) is 0 Å². The van der Waals surface area contributed by atoms with Crippen LogP contribution in [0, 0.1) is 12.8 Å². The molecule has 2 rings (SSSR count). The number of aromatic nitrogens is 2. The SMILES string of the molecule is BC1(C)CCCCCC(Cn2nc(C)cc2C(N)=O)CCCCC1. The van der Waals surface area contributed by atoms with Crippen LogP contribution in [0.3, 0.4) is 0 Å². The highest BCUT2D eigenvalue weighted by atomic mass is 16.1. The van der Waals surface area contributed by atoms with Crippen LogP contribution in [0.15, 0.2) is 6.07 Å². The molecule has 24 heavy (non-hydrogen) atoms. The minimum atomic E-state index is -0.369. The van der Waals surface area contributed by atoms with Crippen molar-refractivity contribution in [3.8, 4) is 0 Å². The Balaban J connectivity index is 1.95. The normalized spacial score (nSPS) is 27.2. The number of nitrogens with two attached hydrogens (primary N) is 1. The van der Waals surface area contributed by atoms with Crippen molar-refractivity contribution in [2.24, 2.45) is 11.7 Å². The number of hydrogen-bond acceptors (Lipinski definition) is 2. The zero-order valence-corrected chi connectivity index (χ0v) is 15.8. The summed E-state index contributed by atoms with van der Waals surface area (Å²) in [5.74, 6) is 0.237. The molecular formula is C19H34BN3O. The molecule has 0 aliphatic heterocycles. The predicted molar refractivity (Wildman–Crippen MR) is 102 cm³/mol. The van der Waals surface area contributed by atoms with Gasteiger partial charge in [-0.1, -0.05) is 63.6 Å². The summed E-state index contributed by atoms with van der Waals surface area (Å²) in [6.07, 6.45) is 13.1. The number of amides is 1. The molecule has 1 aliphatic rings. The first-order chi connectivity index (χ1) is 11.4. The number of nitrogens with zero attached hydrogens (tertiary/aromatic N) is 2. The van der Waals surface area contributed by atoms with E-state index in [1.165, 1.54) is 64.2 Å². The van der Waals surface area contributed by atoms with Crippen molar-refractivity contribution in [3.63, 3.8) is 0 Å². The van der Waals surface area contributed by atoms with Crippen LogP contribution in [0.4, 0.5) is 0 Å². The maximum absolute atomic E-state index is 11.6. The standard InChI is InChI=1S/C19H34BN3O/c1-15-13-17(18(21)24)23(22-15)14-16-9-5-3-7-11-19(2,20)12-8-4-6-10-16/h13,16H,3-12,14,20H2,1-2H3,(H2,21,24). The molecule has 1 amide bonds. The molecule has 1 aromatic rings. The molecule has 0 unspecified atom stereocenters. The molecule has 0 spiro atoms. The van der Waals surface area contributed by atoms with Gasteiger partial charge in [0.25, 0.3) is 5.91 Å². The summed E-state index contributed by atoms with van der Waals surface area (Å²) in [6, 6.07) is 1.81. The lowest BCUT2D eigenvalue weighted by Crippen LogP contribution is -2.21. The van der Waals surface area contributed by atoms with Gasteiger partial charge in [0.2, 0.25) is 0 Å². The molecule has 1 saturated carbocycles. The van der Waals surface area contributed by atoms with E-state index in [1.807, 2.05) is 11.6 Å². The maximum Gasteiger partial charge on any atom is 0.266 e. The van der Waals surface area contributed by atoms with Crippen molar-refractivity contribution in [1.82, 2.24) is 9.78 Å². The topological polar surface area (TPSA) is 60.9 Å². The van der Waals surface area contributed by atoms with Crippen molar-refractivity contribution < 1.29 is 4.79 Å². The average molecular weight is 331 g/mol. The summed E-state index contributed by atoms with van der Waals surface area (Å²) >= 11 is 0. The van der Waals surface area contributed by atoms with Crippen LogP contribution in [-0.4, -0.2) is 23.5 Å². The summed E-state index contributed by atoms with van der Waals surface area (Å²) in [7, 11) is 2.42. The third-order valence-corrected chi connectivity index (χ3v) is 5.52. The maximum atomic E-state index is 11.6. The highest BCUT2D eigenvalue weighted by Gasteiger charge is 2.19. The number of aryl methyl sites for hydroxylation is 1. The molecule has 0 atom stereocenters. The molecule has 1 aromatic heterocycles. The zero-order chi connectivity index (χ0) is 17.6. The van der Waals surface area contributed by atoms with Crippen molar-refractivity contribution in [2.45, 2.75) is 89.9 Å². The van der Waals surface area contributed by atoms with E-state index in [0.717, 1.165) is 12.2 Å². The van der Waals surface area contributed by atoms with Crippen molar-refractivity contribution in [3.05, 3.63) is 17.5 Å². The third-order valence-electron chi connectivity index (χ3n) is 5.52. The fraction of sp³-hybridized carbons (Fsp3) is 0.789. The van der Waals surface area contributed by atoms with Gasteiger partial charge in [0.1, 0.15) is 13.5 Å². The van der Waals surface area contributed by atoms with Crippen molar-refractivity contribution >= 4 is 13.8 Å². The lowest BCUT2D eigenvalue weighted by atomic mass is 9.64. The Morgan fingerprint density at radius 1 is 1.25 bits per heavy atom. The minimum absolute atomic E-state index is 0.369. The van der Waals surface area contributed by atoms with Crippen LogP contribution in [0.1, 0.15) is 87.3 Å². The molecular weight excluding hydrogens is 297 g/mol. The van der Waals surface area contributed by atoms with Crippen LogP contribution in [0.5, 0.6) is 0 Å². The van der Waals surface area contributed by atoms with Gasteiger partial charge in [-0.05, 0) is 31.7 Å². The molecule has 1 heterocycles. The van der Waals surface area contributed by atoms with E-state index < -0.39 is 0 Å². The number of hydrogen-bond donors (Lipinski definition) is 1. The summed E-state index contributed by atoms with van der Waals surface area (Å²) in [6.45, 7) is 5.18. The number of carbonyl (C=O) groups excluding carboxylic acids is 1. The summed E-state index contributed by atoms with van der Waals surface area (Å²) in [4.78, 5) is 11.6. The van der Waals surface area contributed by atoms with Gasteiger partial charge in [0.05, 0.1) is 5.69 Å². The Hall–Kier alpha value is -1.26. The zero-order valence-electron chi connectivity index (χ0n) is 15.8. The monoisotopic (exact) mass is 331 g/mol. The number of primary amides is 1. The first-order valence-electron chi connectivity index (χ1n) is 9.72. The molecule has 5 heteroatoms. The summed E-state index contributed by atoms with van der Waals surface area (Å²) < 4.78 is 1.84. The van der Waals surface area contributed by atoms with E-state index >= 15 is 0 Å². The Morgan fingerprint density at radius 3 is 2.38 bits per heavy atom. The second-order valence-corrected chi connectivity index (χ2v) is 8.45. The Kier molecular flexibility index (Phi) is 6.94. The van der Waals surface area contributed by atoms with Gasteiger partial charge in [0.15, 0.2) is 0 Å². The van der Waals surface area contributed by atoms with Crippen molar-refractivity contribution in [2.75, 3.05) is 0 Å². The molecule has 1 fully saturated rings. The van der Waals surface area contributed by atoms with Gasteiger partial charge in [-0.25, -0.2) is 0 Å². The minimum Gasteiger partial charge on any atom is -0.364 e. The van der Waals surface area contributed by atoms with E-state index in [1.54, 1.807) is 6.07 Å². The molecule has 0 saturated heterocycles.